The van der Waals surface area contributed by atoms with E-state index in [0.29, 0.717) is 5.56 Å². The molecule has 0 bridgehead atoms. The standard InChI is InChI=1S/C17H16F3NO2/c1-16(23,13-7-3-2-4-8-13)11-21-15(22)12-6-5-9-14(10-12)17(18,19)20/h2-10,23H,11H2,1H3,(H,21,22)/t16-/m1/s1. The van der Waals surface area contributed by atoms with Crippen LogP contribution in [0.25, 0.3) is 0 Å². The van der Waals surface area contributed by atoms with Crippen molar-refractivity contribution in [2.24, 2.45) is 0 Å². The highest BCUT2D eigenvalue weighted by atomic mass is 19.4. The largest absolute Gasteiger partial charge is 0.416 e. The highest BCUT2D eigenvalue weighted by molar-refractivity contribution is 5.94. The molecule has 0 heterocycles. The first-order valence-electron chi connectivity index (χ1n) is 6.93. The Morgan fingerprint density at radius 1 is 1.04 bits per heavy atom. The van der Waals surface area contributed by atoms with E-state index in [9.17, 15) is 23.1 Å². The van der Waals surface area contributed by atoms with Crippen LogP contribution >= 0.6 is 0 Å². The molecule has 2 aromatic rings. The fourth-order valence-corrected chi connectivity index (χ4v) is 2.09. The van der Waals surface area contributed by atoms with Crippen LogP contribution in [0.1, 0.15) is 28.4 Å². The van der Waals surface area contributed by atoms with Crippen molar-refractivity contribution in [1.29, 1.82) is 0 Å². The quantitative estimate of drug-likeness (QED) is 0.906. The van der Waals surface area contributed by atoms with Crippen LogP contribution in [0.15, 0.2) is 54.6 Å². The maximum absolute atomic E-state index is 12.7. The summed E-state index contributed by atoms with van der Waals surface area (Å²) in [5, 5.41) is 12.8. The van der Waals surface area contributed by atoms with Crippen molar-refractivity contribution >= 4 is 5.91 Å². The van der Waals surface area contributed by atoms with Crippen molar-refractivity contribution in [3.8, 4) is 0 Å². The van der Waals surface area contributed by atoms with Gasteiger partial charge in [-0.3, -0.25) is 4.79 Å². The summed E-state index contributed by atoms with van der Waals surface area (Å²) in [7, 11) is 0. The molecule has 2 aromatic carbocycles. The van der Waals surface area contributed by atoms with Gasteiger partial charge in [-0.25, -0.2) is 0 Å². The zero-order chi connectivity index (χ0) is 17.1. The maximum Gasteiger partial charge on any atom is 0.416 e. The van der Waals surface area contributed by atoms with Crippen LogP contribution in [0.2, 0.25) is 0 Å². The average molecular weight is 323 g/mol. The molecule has 0 spiro atoms. The van der Waals surface area contributed by atoms with Crippen molar-refractivity contribution in [2.75, 3.05) is 6.54 Å². The summed E-state index contributed by atoms with van der Waals surface area (Å²) in [5.41, 5.74) is -1.72. The minimum Gasteiger partial charge on any atom is -0.384 e. The van der Waals surface area contributed by atoms with Gasteiger partial charge in [-0.2, -0.15) is 13.2 Å². The summed E-state index contributed by atoms with van der Waals surface area (Å²) in [6.07, 6.45) is -4.51. The summed E-state index contributed by atoms with van der Waals surface area (Å²) in [5.74, 6) is -0.674. The van der Waals surface area contributed by atoms with E-state index < -0.39 is 23.2 Å². The first kappa shape index (κ1) is 17.0. The Morgan fingerprint density at radius 3 is 2.26 bits per heavy atom. The van der Waals surface area contributed by atoms with E-state index in [-0.39, 0.29) is 12.1 Å². The Morgan fingerprint density at radius 2 is 1.65 bits per heavy atom. The van der Waals surface area contributed by atoms with Crippen molar-refractivity contribution in [3.05, 3.63) is 71.3 Å². The lowest BCUT2D eigenvalue weighted by Gasteiger charge is -2.24. The van der Waals surface area contributed by atoms with Gasteiger partial charge in [0.25, 0.3) is 5.91 Å². The molecule has 23 heavy (non-hydrogen) atoms. The van der Waals surface area contributed by atoms with Gasteiger partial charge in [-0.1, -0.05) is 36.4 Å². The lowest BCUT2D eigenvalue weighted by Crippen LogP contribution is -2.38. The molecule has 0 aliphatic heterocycles. The number of benzene rings is 2. The number of alkyl halides is 3. The molecule has 0 saturated heterocycles. The first-order chi connectivity index (χ1) is 10.7. The second-order valence-electron chi connectivity index (χ2n) is 5.40. The van der Waals surface area contributed by atoms with E-state index in [1.165, 1.54) is 19.1 Å². The summed E-state index contributed by atoms with van der Waals surface area (Å²) in [6, 6.07) is 12.9. The minimum atomic E-state index is -4.51. The molecular formula is C17H16F3NO2. The predicted molar refractivity (Wildman–Crippen MR) is 79.8 cm³/mol. The lowest BCUT2D eigenvalue weighted by molar-refractivity contribution is -0.137. The predicted octanol–water partition coefficient (Wildman–Crippen LogP) is 3.34. The van der Waals surface area contributed by atoms with E-state index in [2.05, 4.69) is 5.32 Å². The third-order valence-corrected chi connectivity index (χ3v) is 3.44. The highest BCUT2D eigenvalue weighted by Gasteiger charge is 2.31. The van der Waals surface area contributed by atoms with Gasteiger partial charge in [0.2, 0.25) is 0 Å². The van der Waals surface area contributed by atoms with Crippen molar-refractivity contribution in [2.45, 2.75) is 18.7 Å². The van der Waals surface area contributed by atoms with Crippen LogP contribution < -0.4 is 5.32 Å². The van der Waals surface area contributed by atoms with Gasteiger partial charge in [0.1, 0.15) is 5.60 Å². The molecular weight excluding hydrogens is 307 g/mol. The molecule has 0 saturated carbocycles. The summed E-state index contributed by atoms with van der Waals surface area (Å²) in [4.78, 5) is 12.0. The van der Waals surface area contributed by atoms with Crippen molar-refractivity contribution < 1.29 is 23.1 Å². The highest BCUT2D eigenvalue weighted by Crippen LogP contribution is 2.29. The van der Waals surface area contributed by atoms with Crippen LogP contribution in [-0.4, -0.2) is 17.6 Å². The number of hydrogen-bond acceptors (Lipinski definition) is 2. The molecule has 3 nitrogen and oxygen atoms in total. The number of aliphatic hydroxyl groups is 1. The number of nitrogens with one attached hydrogen (secondary N) is 1. The van der Waals surface area contributed by atoms with Crippen LogP contribution in [0.4, 0.5) is 13.2 Å². The molecule has 0 radical (unpaired) electrons. The number of hydrogen-bond donors (Lipinski definition) is 2. The number of rotatable bonds is 4. The van der Waals surface area contributed by atoms with E-state index in [4.69, 9.17) is 0 Å². The third-order valence-electron chi connectivity index (χ3n) is 3.44. The van der Waals surface area contributed by atoms with Crippen LogP contribution in [0.5, 0.6) is 0 Å². The average Bonchev–Trinajstić information content (AvgIpc) is 2.53. The Kier molecular flexibility index (Phi) is 4.75. The van der Waals surface area contributed by atoms with Gasteiger partial charge in [0.15, 0.2) is 0 Å². The van der Waals surface area contributed by atoms with Gasteiger partial charge in [0.05, 0.1) is 12.1 Å². The molecule has 0 unspecified atom stereocenters. The van der Waals surface area contributed by atoms with Gasteiger partial charge in [-0.05, 0) is 30.7 Å². The molecule has 1 amide bonds. The van der Waals surface area contributed by atoms with Crippen LogP contribution in [-0.2, 0) is 11.8 Å². The Bertz CT molecular complexity index is 682. The van der Waals surface area contributed by atoms with E-state index in [1.54, 1.807) is 30.3 Å². The minimum absolute atomic E-state index is 0.108. The van der Waals surface area contributed by atoms with Crippen LogP contribution in [0, 0.1) is 0 Å². The number of amides is 1. The van der Waals surface area contributed by atoms with Crippen molar-refractivity contribution in [3.63, 3.8) is 0 Å². The fourth-order valence-electron chi connectivity index (χ4n) is 2.09. The monoisotopic (exact) mass is 323 g/mol. The lowest BCUT2D eigenvalue weighted by atomic mass is 9.96. The van der Waals surface area contributed by atoms with Gasteiger partial charge < -0.3 is 10.4 Å². The topological polar surface area (TPSA) is 49.3 Å². The second kappa shape index (κ2) is 6.42. The molecule has 6 heteroatoms. The van der Waals surface area contributed by atoms with Gasteiger partial charge >= 0.3 is 6.18 Å². The zero-order valence-corrected chi connectivity index (χ0v) is 12.4. The maximum atomic E-state index is 12.7. The number of carbonyl (C=O) groups excluding carboxylic acids is 1. The molecule has 2 N–H and O–H groups in total. The molecule has 122 valence electrons. The number of halogens is 3. The third kappa shape index (κ3) is 4.32. The molecule has 1 atom stereocenters. The molecule has 0 aliphatic rings. The summed E-state index contributed by atoms with van der Waals surface area (Å²) >= 11 is 0. The molecule has 0 aliphatic carbocycles. The molecule has 0 aromatic heterocycles. The smallest absolute Gasteiger partial charge is 0.384 e. The van der Waals surface area contributed by atoms with Crippen LogP contribution in [0.3, 0.4) is 0 Å². The van der Waals surface area contributed by atoms with Gasteiger partial charge in [0, 0.05) is 5.56 Å². The molecule has 0 fully saturated rings. The normalized spacial score (nSPS) is 14.1. The second-order valence-corrected chi connectivity index (χ2v) is 5.40. The number of carbonyl (C=O) groups is 1. The van der Waals surface area contributed by atoms with Gasteiger partial charge in [-0.15, -0.1) is 0 Å². The van der Waals surface area contributed by atoms with E-state index >= 15 is 0 Å². The molecule has 2 rings (SSSR count). The summed E-state index contributed by atoms with van der Waals surface area (Å²) < 4.78 is 38.0. The Hall–Kier alpha value is -2.34. The van der Waals surface area contributed by atoms with E-state index in [1.807, 2.05) is 0 Å². The Labute approximate surface area is 131 Å². The van der Waals surface area contributed by atoms with E-state index in [0.717, 1.165) is 12.1 Å². The summed E-state index contributed by atoms with van der Waals surface area (Å²) in [6.45, 7) is 1.40. The first-order valence-corrected chi connectivity index (χ1v) is 6.93. The fraction of sp³-hybridized carbons (Fsp3) is 0.235. The SMILES string of the molecule is C[C@@](O)(CNC(=O)c1cccc(C(F)(F)F)c1)c1ccccc1. The van der Waals surface area contributed by atoms with Crippen molar-refractivity contribution in [1.82, 2.24) is 5.32 Å². The Balaban J connectivity index is 2.08. The zero-order valence-electron chi connectivity index (χ0n) is 12.4.